The highest BCUT2D eigenvalue weighted by molar-refractivity contribution is 7.91. The van der Waals surface area contributed by atoms with Gasteiger partial charge in [0, 0.05) is 17.4 Å². The second kappa shape index (κ2) is 6.60. The van der Waals surface area contributed by atoms with E-state index in [4.69, 9.17) is 0 Å². The van der Waals surface area contributed by atoms with E-state index in [-0.39, 0.29) is 23.1 Å². The predicted octanol–water partition coefficient (Wildman–Crippen LogP) is 2.68. The summed E-state index contributed by atoms with van der Waals surface area (Å²) in [6.45, 7) is 0. The topological polar surface area (TPSA) is 75.3 Å². The molecule has 0 spiro atoms. The van der Waals surface area contributed by atoms with Gasteiger partial charge >= 0.3 is 0 Å². The highest BCUT2D eigenvalue weighted by Gasteiger charge is 2.27. The molecule has 1 unspecified atom stereocenters. The van der Waals surface area contributed by atoms with E-state index in [1.165, 1.54) is 18.2 Å². The number of hydrogen-bond acceptors (Lipinski definition) is 4. The van der Waals surface area contributed by atoms with Crippen molar-refractivity contribution in [3.8, 4) is 0 Å². The molecule has 1 fully saturated rings. The van der Waals surface area contributed by atoms with E-state index in [1.54, 1.807) is 30.3 Å². The number of hydrogen-bond donors (Lipinski definition) is 2. The minimum absolute atomic E-state index is 0.0177. The summed E-state index contributed by atoms with van der Waals surface area (Å²) in [5.41, 5.74) is 1.30. The number of amides is 1. The average Bonchev–Trinajstić information content (AvgIpc) is 2.88. The molecular weight excluding hydrogens is 331 g/mol. The quantitative estimate of drug-likeness (QED) is 0.891. The van der Waals surface area contributed by atoms with Crippen LogP contribution in [0.25, 0.3) is 0 Å². The van der Waals surface area contributed by atoms with Crippen LogP contribution >= 0.6 is 0 Å². The Labute approximate surface area is 139 Å². The highest BCUT2D eigenvalue weighted by Crippen LogP contribution is 2.20. The van der Waals surface area contributed by atoms with E-state index >= 15 is 0 Å². The van der Waals surface area contributed by atoms with Crippen LogP contribution in [0.4, 0.5) is 15.8 Å². The van der Waals surface area contributed by atoms with Crippen molar-refractivity contribution in [1.29, 1.82) is 0 Å². The third-order valence-corrected chi connectivity index (χ3v) is 5.63. The third-order valence-electron chi connectivity index (χ3n) is 3.86. The molecule has 0 bridgehead atoms. The number of anilines is 2. The first kappa shape index (κ1) is 16.4. The van der Waals surface area contributed by atoms with Crippen molar-refractivity contribution < 1.29 is 17.6 Å². The highest BCUT2D eigenvalue weighted by atomic mass is 32.2. The number of benzene rings is 2. The molecule has 7 heteroatoms. The lowest BCUT2D eigenvalue weighted by molar-refractivity contribution is 0.102. The molecular formula is C17H17FN2O3S. The summed E-state index contributed by atoms with van der Waals surface area (Å²) in [5.74, 6) is -0.744. The maximum Gasteiger partial charge on any atom is 0.258 e. The van der Waals surface area contributed by atoms with Crippen molar-refractivity contribution >= 4 is 27.1 Å². The molecule has 3 rings (SSSR count). The van der Waals surface area contributed by atoms with Gasteiger partial charge in [-0.15, -0.1) is 0 Å². The monoisotopic (exact) mass is 348 g/mol. The zero-order valence-electron chi connectivity index (χ0n) is 12.8. The minimum Gasteiger partial charge on any atom is -0.381 e. The van der Waals surface area contributed by atoms with Gasteiger partial charge in [0.05, 0.1) is 17.1 Å². The van der Waals surface area contributed by atoms with E-state index < -0.39 is 21.6 Å². The number of carbonyl (C=O) groups excluding carboxylic acids is 1. The Bertz CT molecular complexity index is 850. The second-order valence-electron chi connectivity index (χ2n) is 5.76. The van der Waals surface area contributed by atoms with Crippen molar-refractivity contribution in [2.75, 3.05) is 22.1 Å². The van der Waals surface area contributed by atoms with Crippen molar-refractivity contribution in [3.05, 3.63) is 59.9 Å². The van der Waals surface area contributed by atoms with E-state index in [0.29, 0.717) is 12.1 Å². The molecule has 1 aliphatic rings. The van der Waals surface area contributed by atoms with Gasteiger partial charge in [-0.3, -0.25) is 4.79 Å². The summed E-state index contributed by atoms with van der Waals surface area (Å²) in [4.78, 5) is 12.0. The standard InChI is InChI=1S/C17H17FN2O3S/c18-16-4-2-1-3-15(16)17(21)20-13-7-5-12(6-8-13)19-14-9-10-24(22,23)11-14/h1-8,14,19H,9-11H2,(H,20,21). The van der Waals surface area contributed by atoms with Crippen LogP contribution in [0.3, 0.4) is 0 Å². The summed E-state index contributed by atoms with van der Waals surface area (Å²) >= 11 is 0. The normalized spacial score (nSPS) is 19.0. The smallest absolute Gasteiger partial charge is 0.258 e. The zero-order chi connectivity index (χ0) is 17.2. The molecule has 5 nitrogen and oxygen atoms in total. The van der Waals surface area contributed by atoms with Gasteiger partial charge in [0.25, 0.3) is 5.91 Å². The van der Waals surface area contributed by atoms with Gasteiger partial charge in [0.2, 0.25) is 0 Å². The fourth-order valence-corrected chi connectivity index (χ4v) is 4.31. The molecule has 1 atom stereocenters. The molecule has 1 saturated heterocycles. The molecule has 0 aromatic heterocycles. The molecule has 2 N–H and O–H groups in total. The number of halogens is 1. The van der Waals surface area contributed by atoms with Gasteiger partial charge in [-0.2, -0.15) is 0 Å². The largest absolute Gasteiger partial charge is 0.381 e. The third kappa shape index (κ3) is 3.91. The maximum atomic E-state index is 13.6. The maximum absolute atomic E-state index is 13.6. The molecule has 0 aliphatic carbocycles. The van der Waals surface area contributed by atoms with E-state index in [9.17, 15) is 17.6 Å². The van der Waals surface area contributed by atoms with Gasteiger partial charge in [0.15, 0.2) is 9.84 Å². The van der Waals surface area contributed by atoms with Crippen molar-refractivity contribution in [2.24, 2.45) is 0 Å². The molecule has 2 aromatic carbocycles. The molecule has 1 heterocycles. The lowest BCUT2D eigenvalue weighted by Gasteiger charge is -2.13. The number of nitrogens with one attached hydrogen (secondary N) is 2. The molecule has 126 valence electrons. The van der Waals surface area contributed by atoms with E-state index in [2.05, 4.69) is 10.6 Å². The Kier molecular flexibility index (Phi) is 4.53. The van der Waals surface area contributed by atoms with Crippen LogP contribution in [0.5, 0.6) is 0 Å². The van der Waals surface area contributed by atoms with E-state index in [1.807, 2.05) is 0 Å². The Morgan fingerprint density at radius 1 is 1.04 bits per heavy atom. The summed E-state index contributed by atoms with van der Waals surface area (Å²) in [6, 6.07) is 12.6. The molecule has 1 amide bonds. The fraction of sp³-hybridized carbons (Fsp3) is 0.235. The Balaban J connectivity index is 1.63. The molecule has 0 saturated carbocycles. The Morgan fingerprint density at radius 2 is 1.71 bits per heavy atom. The fourth-order valence-electron chi connectivity index (χ4n) is 2.64. The average molecular weight is 348 g/mol. The van der Waals surface area contributed by atoms with Gasteiger partial charge in [-0.05, 0) is 42.8 Å². The Hall–Kier alpha value is -2.41. The molecule has 24 heavy (non-hydrogen) atoms. The van der Waals surface area contributed by atoms with Gasteiger partial charge < -0.3 is 10.6 Å². The molecule has 0 radical (unpaired) electrons. The number of sulfone groups is 1. The van der Waals surface area contributed by atoms with Crippen LogP contribution in [-0.4, -0.2) is 31.9 Å². The van der Waals surface area contributed by atoms with Gasteiger partial charge in [0.1, 0.15) is 5.82 Å². The van der Waals surface area contributed by atoms with Crippen LogP contribution in [0, 0.1) is 5.82 Å². The lowest BCUT2D eigenvalue weighted by Crippen LogP contribution is -2.20. The van der Waals surface area contributed by atoms with Crippen molar-refractivity contribution in [2.45, 2.75) is 12.5 Å². The summed E-state index contributed by atoms with van der Waals surface area (Å²) in [7, 11) is -2.93. The van der Waals surface area contributed by atoms with Gasteiger partial charge in [-0.25, -0.2) is 12.8 Å². The minimum atomic E-state index is -2.93. The van der Waals surface area contributed by atoms with Crippen molar-refractivity contribution in [3.63, 3.8) is 0 Å². The van der Waals surface area contributed by atoms with Crippen molar-refractivity contribution in [1.82, 2.24) is 0 Å². The van der Waals surface area contributed by atoms with Crippen LogP contribution in [-0.2, 0) is 9.84 Å². The first-order chi connectivity index (χ1) is 11.4. The molecule has 2 aromatic rings. The summed E-state index contributed by atoms with van der Waals surface area (Å²) in [6.07, 6.45) is 0.591. The zero-order valence-corrected chi connectivity index (χ0v) is 13.6. The molecule has 1 aliphatic heterocycles. The van der Waals surface area contributed by atoms with Crippen LogP contribution in [0.2, 0.25) is 0 Å². The number of carbonyl (C=O) groups is 1. The van der Waals surface area contributed by atoms with Crippen LogP contribution < -0.4 is 10.6 Å². The second-order valence-corrected chi connectivity index (χ2v) is 7.98. The first-order valence-electron chi connectivity index (χ1n) is 7.56. The first-order valence-corrected chi connectivity index (χ1v) is 9.38. The SMILES string of the molecule is O=C(Nc1ccc(NC2CCS(=O)(=O)C2)cc1)c1ccccc1F. The van der Waals surface area contributed by atoms with E-state index in [0.717, 1.165) is 5.69 Å². The summed E-state index contributed by atoms with van der Waals surface area (Å²) < 4.78 is 36.5. The lowest BCUT2D eigenvalue weighted by atomic mass is 10.2. The number of rotatable bonds is 4. The Morgan fingerprint density at radius 3 is 2.33 bits per heavy atom. The van der Waals surface area contributed by atoms with Gasteiger partial charge in [-0.1, -0.05) is 12.1 Å². The van der Waals surface area contributed by atoms with Crippen LogP contribution in [0.1, 0.15) is 16.8 Å². The van der Waals surface area contributed by atoms with Crippen LogP contribution in [0.15, 0.2) is 48.5 Å². The predicted molar refractivity (Wildman–Crippen MR) is 91.5 cm³/mol. The summed E-state index contributed by atoms with van der Waals surface area (Å²) in [5, 5.41) is 5.80.